The molecule has 1 heterocycles. The molecule has 1 atom stereocenters. The van der Waals surface area contributed by atoms with E-state index >= 15 is 0 Å². The average Bonchev–Trinajstić information content (AvgIpc) is 2.84. The number of rotatable bonds is 5. The van der Waals surface area contributed by atoms with Crippen molar-refractivity contribution >= 4 is 0 Å². The van der Waals surface area contributed by atoms with Gasteiger partial charge in [-0.25, -0.2) is 4.98 Å². The first-order valence-corrected chi connectivity index (χ1v) is 5.56. The molecule has 0 saturated carbocycles. The van der Waals surface area contributed by atoms with E-state index in [9.17, 15) is 0 Å². The zero-order valence-corrected chi connectivity index (χ0v) is 9.39. The van der Waals surface area contributed by atoms with Crippen molar-refractivity contribution in [1.29, 1.82) is 0 Å². The highest BCUT2D eigenvalue weighted by Gasteiger charge is 2.08. The van der Waals surface area contributed by atoms with E-state index in [1.54, 1.807) is 6.20 Å². The summed E-state index contributed by atoms with van der Waals surface area (Å²) >= 11 is 0. The Bertz CT molecular complexity index is 397. The molecule has 0 aliphatic rings. The fraction of sp³-hybridized carbons (Fsp3) is 0.308. The minimum Gasteiger partial charge on any atom is -0.447 e. The quantitative estimate of drug-likeness (QED) is 0.835. The minimum atomic E-state index is 0.367. The van der Waals surface area contributed by atoms with Gasteiger partial charge in [-0.15, -0.1) is 0 Å². The number of hydrogen-bond acceptors (Lipinski definition) is 3. The van der Waals surface area contributed by atoms with Gasteiger partial charge in [0.25, 0.3) is 0 Å². The summed E-state index contributed by atoms with van der Waals surface area (Å²) in [5.41, 5.74) is 1.31. The molecule has 1 aromatic heterocycles. The number of nitrogens with zero attached hydrogens (tertiary/aromatic N) is 1. The van der Waals surface area contributed by atoms with Gasteiger partial charge in [-0.05, 0) is 12.0 Å². The first-order chi connectivity index (χ1) is 7.90. The van der Waals surface area contributed by atoms with Gasteiger partial charge < -0.3 is 9.73 Å². The summed E-state index contributed by atoms with van der Waals surface area (Å²) < 4.78 is 5.19. The molecule has 2 rings (SSSR count). The predicted octanol–water partition coefficient (Wildman–Crippen LogP) is 2.92. The van der Waals surface area contributed by atoms with Gasteiger partial charge in [-0.1, -0.05) is 37.3 Å². The maximum Gasteiger partial charge on any atom is 0.180 e. The normalized spacial score (nSPS) is 12.6. The fourth-order valence-corrected chi connectivity index (χ4v) is 1.74. The maximum atomic E-state index is 5.19. The molecule has 0 radical (unpaired) electrons. The van der Waals surface area contributed by atoms with Crippen molar-refractivity contribution in [3.8, 4) is 0 Å². The molecule has 16 heavy (non-hydrogen) atoms. The lowest BCUT2D eigenvalue weighted by atomic mass is 10.0. The van der Waals surface area contributed by atoms with E-state index in [4.69, 9.17) is 4.42 Å². The van der Waals surface area contributed by atoms with E-state index in [0.717, 1.165) is 12.2 Å². The van der Waals surface area contributed by atoms with E-state index < -0.39 is 0 Å². The van der Waals surface area contributed by atoms with Crippen LogP contribution < -0.4 is 5.32 Å². The summed E-state index contributed by atoms with van der Waals surface area (Å²) in [5, 5.41) is 3.45. The Morgan fingerprint density at radius 3 is 2.75 bits per heavy atom. The van der Waals surface area contributed by atoms with Crippen LogP contribution in [0.5, 0.6) is 0 Å². The molecule has 0 amide bonds. The fourth-order valence-electron chi connectivity index (χ4n) is 1.74. The molecule has 2 aromatic rings. The van der Waals surface area contributed by atoms with Crippen LogP contribution in [0.4, 0.5) is 0 Å². The van der Waals surface area contributed by atoms with Crippen molar-refractivity contribution in [3.05, 3.63) is 54.2 Å². The van der Waals surface area contributed by atoms with Gasteiger partial charge in [0.2, 0.25) is 0 Å². The number of hydrogen-bond donors (Lipinski definition) is 1. The highest BCUT2D eigenvalue weighted by atomic mass is 16.3. The standard InChI is InChI=1S/C13H16N2O/c1-2-13(11-6-4-3-5-7-11)15-9-12-8-14-10-16-12/h3-8,10,13,15H,2,9H2,1H3. The molecule has 0 fully saturated rings. The molecular weight excluding hydrogens is 200 g/mol. The van der Waals surface area contributed by atoms with Crippen molar-refractivity contribution < 1.29 is 4.42 Å². The average molecular weight is 216 g/mol. The van der Waals surface area contributed by atoms with Crippen LogP contribution in [-0.4, -0.2) is 4.98 Å². The summed E-state index contributed by atoms with van der Waals surface area (Å²) in [7, 11) is 0. The molecule has 3 nitrogen and oxygen atoms in total. The third-order valence-electron chi connectivity index (χ3n) is 2.62. The van der Waals surface area contributed by atoms with Gasteiger partial charge >= 0.3 is 0 Å². The van der Waals surface area contributed by atoms with E-state index in [1.165, 1.54) is 12.0 Å². The molecule has 1 aromatic carbocycles. The second kappa shape index (κ2) is 5.47. The molecule has 0 bridgehead atoms. The van der Waals surface area contributed by atoms with E-state index in [0.29, 0.717) is 12.6 Å². The molecule has 0 aliphatic carbocycles. The lowest BCUT2D eigenvalue weighted by molar-refractivity contribution is 0.441. The molecule has 0 saturated heterocycles. The topological polar surface area (TPSA) is 38.1 Å². The Balaban J connectivity index is 1.96. The van der Waals surface area contributed by atoms with Gasteiger partial charge in [0.05, 0.1) is 12.7 Å². The molecule has 1 unspecified atom stereocenters. The molecule has 1 N–H and O–H groups in total. The highest BCUT2D eigenvalue weighted by molar-refractivity contribution is 5.18. The largest absolute Gasteiger partial charge is 0.447 e. The van der Waals surface area contributed by atoms with Crippen molar-refractivity contribution in [3.63, 3.8) is 0 Å². The Labute approximate surface area is 95.5 Å². The van der Waals surface area contributed by atoms with E-state index in [-0.39, 0.29) is 0 Å². The number of benzene rings is 1. The molecule has 3 heteroatoms. The lowest BCUT2D eigenvalue weighted by Crippen LogP contribution is -2.19. The van der Waals surface area contributed by atoms with Crippen LogP contribution in [0.1, 0.15) is 30.7 Å². The Morgan fingerprint density at radius 2 is 2.12 bits per heavy atom. The Hall–Kier alpha value is -1.61. The third-order valence-corrected chi connectivity index (χ3v) is 2.62. The third kappa shape index (κ3) is 2.70. The van der Waals surface area contributed by atoms with Crippen molar-refractivity contribution in [2.75, 3.05) is 0 Å². The summed E-state index contributed by atoms with van der Waals surface area (Å²) in [6, 6.07) is 10.8. The van der Waals surface area contributed by atoms with Crippen LogP contribution in [0.15, 0.2) is 47.3 Å². The van der Waals surface area contributed by atoms with Crippen molar-refractivity contribution in [2.45, 2.75) is 25.9 Å². The van der Waals surface area contributed by atoms with Gasteiger partial charge in [-0.3, -0.25) is 0 Å². The first-order valence-electron chi connectivity index (χ1n) is 5.56. The van der Waals surface area contributed by atoms with E-state index in [1.807, 2.05) is 6.07 Å². The number of nitrogens with one attached hydrogen (secondary N) is 1. The van der Waals surface area contributed by atoms with Gasteiger partial charge in [0.15, 0.2) is 6.39 Å². The van der Waals surface area contributed by atoms with Crippen LogP contribution in [0.2, 0.25) is 0 Å². The van der Waals surface area contributed by atoms with Crippen molar-refractivity contribution in [2.24, 2.45) is 0 Å². The Morgan fingerprint density at radius 1 is 1.31 bits per heavy atom. The van der Waals surface area contributed by atoms with Crippen molar-refractivity contribution in [1.82, 2.24) is 10.3 Å². The van der Waals surface area contributed by atoms with Crippen LogP contribution in [-0.2, 0) is 6.54 Å². The second-order valence-electron chi connectivity index (χ2n) is 3.72. The van der Waals surface area contributed by atoms with Gasteiger partial charge in [0.1, 0.15) is 5.76 Å². The van der Waals surface area contributed by atoms with Crippen LogP contribution >= 0.6 is 0 Å². The number of aromatic nitrogens is 1. The monoisotopic (exact) mass is 216 g/mol. The first kappa shape index (κ1) is 10.9. The molecule has 0 aliphatic heterocycles. The number of oxazole rings is 1. The van der Waals surface area contributed by atoms with Crippen LogP contribution in [0, 0.1) is 0 Å². The second-order valence-corrected chi connectivity index (χ2v) is 3.72. The molecule has 84 valence electrons. The highest BCUT2D eigenvalue weighted by Crippen LogP contribution is 2.16. The van der Waals surface area contributed by atoms with Crippen LogP contribution in [0.25, 0.3) is 0 Å². The van der Waals surface area contributed by atoms with Gasteiger partial charge in [0, 0.05) is 6.04 Å². The SMILES string of the molecule is CCC(NCc1cnco1)c1ccccc1. The van der Waals surface area contributed by atoms with Crippen LogP contribution in [0.3, 0.4) is 0 Å². The summed E-state index contributed by atoms with van der Waals surface area (Å²) in [6.45, 7) is 2.89. The predicted molar refractivity (Wildman–Crippen MR) is 62.8 cm³/mol. The molecular formula is C13H16N2O. The minimum absolute atomic E-state index is 0.367. The summed E-state index contributed by atoms with van der Waals surface area (Å²) in [6.07, 6.45) is 4.25. The van der Waals surface area contributed by atoms with E-state index in [2.05, 4.69) is 41.5 Å². The lowest BCUT2D eigenvalue weighted by Gasteiger charge is -2.16. The maximum absolute atomic E-state index is 5.19. The summed E-state index contributed by atoms with van der Waals surface area (Å²) in [4.78, 5) is 3.89. The smallest absolute Gasteiger partial charge is 0.180 e. The molecule has 0 spiro atoms. The van der Waals surface area contributed by atoms with Gasteiger partial charge in [-0.2, -0.15) is 0 Å². The Kier molecular flexibility index (Phi) is 3.72. The zero-order chi connectivity index (χ0) is 11.2. The summed E-state index contributed by atoms with van der Waals surface area (Å²) in [5.74, 6) is 0.870. The zero-order valence-electron chi connectivity index (χ0n) is 9.39.